The van der Waals surface area contributed by atoms with Crippen LogP contribution >= 0.6 is 0 Å². The Morgan fingerprint density at radius 1 is 1.22 bits per heavy atom. The Balaban J connectivity index is 2.40. The number of nitrogens with zero attached hydrogens (tertiary/aromatic N) is 3. The third kappa shape index (κ3) is 7.41. The quantitative estimate of drug-likeness (QED) is 0.256. The summed E-state index contributed by atoms with van der Waals surface area (Å²) in [5.41, 5.74) is 2.20. The molecule has 1 aromatic rings. The second kappa shape index (κ2) is 12.9. The van der Waals surface area contributed by atoms with Crippen LogP contribution in [-0.2, 0) is 0 Å². The molecule has 174 valence electrons. The van der Waals surface area contributed by atoms with E-state index in [2.05, 4.69) is 35.5 Å². The Morgan fingerprint density at radius 2 is 1.88 bits per heavy atom. The van der Waals surface area contributed by atoms with Crippen molar-refractivity contribution in [1.82, 2.24) is 5.32 Å². The van der Waals surface area contributed by atoms with Crippen molar-refractivity contribution in [3.63, 3.8) is 0 Å². The Hall–Kier alpha value is -2.80. The summed E-state index contributed by atoms with van der Waals surface area (Å²) in [7, 11) is 1.63. The highest BCUT2D eigenvalue weighted by molar-refractivity contribution is 5.97. The monoisotopic (exact) mass is 442 g/mol. The van der Waals surface area contributed by atoms with Crippen LogP contribution in [0.25, 0.3) is 0 Å². The van der Waals surface area contributed by atoms with E-state index in [0.29, 0.717) is 28.9 Å². The molecule has 0 unspecified atom stereocenters. The molecule has 0 radical (unpaired) electrons. The van der Waals surface area contributed by atoms with Crippen molar-refractivity contribution in [2.75, 3.05) is 13.6 Å². The van der Waals surface area contributed by atoms with Gasteiger partial charge < -0.3 is 15.2 Å². The summed E-state index contributed by atoms with van der Waals surface area (Å²) in [5, 5.41) is 13.1. The molecule has 32 heavy (non-hydrogen) atoms. The number of unbranched alkanes of at least 4 members (excludes halogenated alkanes) is 1. The molecule has 7 heteroatoms. The number of benzene rings is 1. The van der Waals surface area contributed by atoms with Gasteiger partial charge in [0.15, 0.2) is 0 Å². The molecule has 2 rings (SSSR count). The first-order chi connectivity index (χ1) is 15.4. The van der Waals surface area contributed by atoms with Gasteiger partial charge in [0.05, 0.1) is 11.8 Å². The van der Waals surface area contributed by atoms with Gasteiger partial charge in [0.2, 0.25) is 11.9 Å². The van der Waals surface area contributed by atoms with Gasteiger partial charge in [0, 0.05) is 19.2 Å². The molecule has 0 heterocycles. The van der Waals surface area contributed by atoms with E-state index in [4.69, 9.17) is 9.73 Å². The van der Waals surface area contributed by atoms with Gasteiger partial charge in [0.25, 0.3) is 0 Å². The Bertz CT molecular complexity index is 866. The van der Waals surface area contributed by atoms with E-state index in [-0.39, 0.29) is 17.8 Å². The zero-order chi connectivity index (χ0) is 23.5. The predicted octanol–water partition coefficient (Wildman–Crippen LogP) is 5.06. The lowest BCUT2D eigenvalue weighted by Crippen LogP contribution is -2.25. The number of hydrogen-bond donors (Lipinski definition) is 2. The molecule has 0 atom stereocenters. The van der Waals surface area contributed by atoms with E-state index in [1.165, 1.54) is 12.1 Å². The van der Waals surface area contributed by atoms with Crippen molar-refractivity contribution in [3.05, 3.63) is 53.5 Å². The molecule has 1 saturated carbocycles. The van der Waals surface area contributed by atoms with Crippen molar-refractivity contribution >= 4 is 18.6 Å². The maximum Gasteiger partial charge on any atom is 0.222 e. The highest BCUT2D eigenvalue weighted by atomic mass is 19.1. The third-order valence-electron chi connectivity index (χ3n) is 5.58. The number of guanidine groups is 1. The van der Waals surface area contributed by atoms with E-state index in [9.17, 15) is 9.50 Å². The minimum absolute atomic E-state index is 0.192. The number of aliphatic imine (C=N–C) groups is 3. The second-order valence-electron chi connectivity index (χ2n) is 7.96. The zero-order valence-electron chi connectivity index (χ0n) is 19.4. The Kier molecular flexibility index (Phi) is 10.3. The maximum absolute atomic E-state index is 13.3. The summed E-state index contributed by atoms with van der Waals surface area (Å²) in [6, 6.07) is 5.78. The van der Waals surface area contributed by atoms with Crippen LogP contribution in [0.3, 0.4) is 0 Å². The summed E-state index contributed by atoms with van der Waals surface area (Å²) in [5.74, 6) is 1.12. The van der Waals surface area contributed by atoms with Crippen LogP contribution in [0.2, 0.25) is 0 Å². The normalized spacial score (nSPS) is 20.4. The summed E-state index contributed by atoms with van der Waals surface area (Å²) in [6.45, 7) is 12.7. The fourth-order valence-electron chi connectivity index (χ4n) is 3.63. The van der Waals surface area contributed by atoms with Crippen LogP contribution < -0.4 is 10.1 Å². The van der Waals surface area contributed by atoms with Crippen LogP contribution in [0.1, 0.15) is 52.4 Å². The van der Waals surface area contributed by atoms with Crippen LogP contribution in [0.4, 0.5) is 4.39 Å². The lowest BCUT2D eigenvalue weighted by Gasteiger charge is -2.28. The summed E-state index contributed by atoms with van der Waals surface area (Å²) >= 11 is 0. The van der Waals surface area contributed by atoms with E-state index < -0.39 is 0 Å². The van der Waals surface area contributed by atoms with Crippen LogP contribution in [-0.4, -0.2) is 43.4 Å². The average Bonchev–Trinajstić information content (AvgIpc) is 2.80. The minimum atomic E-state index is -0.336. The lowest BCUT2D eigenvalue weighted by molar-refractivity contribution is 0.116. The first kappa shape index (κ1) is 25.5. The summed E-state index contributed by atoms with van der Waals surface area (Å²) < 4.78 is 19.2. The molecule has 0 saturated heterocycles. The van der Waals surface area contributed by atoms with Crippen LogP contribution in [0.5, 0.6) is 5.75 Å². The number of rotatable bonds is 8. The zero-order valence-corrected chi connectivity index (χ0v) is 19.4. The van der Waals surface area contributed by atoms with Gasteiger partial charge in [-0.15, -0.1) is 0 Å². The van der Waals surface area contributed by atoms with E-state index in [0.717, 1.165) is 50.6 Å². The van der Waals surface area contributed by atoms with E-state index in [1.54, 1.807) is 19.2 Å². The number of nitrogens with one attached hydrogen (secondary N) is 1. The number of halogens is 1. The van der Waals surface area contributed by atoms with Gasteiger partial charge in [-0.25, -0.2) is 14.4 Å². The number of aliphatic hydroxyl groups excluding tert-OH is 1. The number of aliphatic hydroxyl groups is 1. The van der Waals surface area contributed by atoms with Crippen molar-refractivity contribution in [2.45, 2.75) is 58.5 Å². The van der Waals surface area contributed by atoms with Gasteiger partial charge in [0.1, 0.15) is 11.6 Å². The fourth-order valence-corrected chi connectivity index (χ4v) is 3.63. The van der Waals surface area contributed by atoms with Gasteiger partial charge in [-0.05, 0) is 81.5 Å². The number of ether oxygens (including phenoxy) is 1. The lowest BCUT2D eigenvalue weighted by atomic mass is 9.81. The highest BCUT2D eigenvalue weighted by Crippen LogP contribution is 2.34. The molecule has 6 nitrogen and oxygen atoms in total. The second-order valence-corrected chi connectivity index (χ2v) is 7.96. The first-order valence-corrected chi connectivity index (χ1v) is 11.2. The summed E-state index contributed by atoms with van der Waals surface area (Å²) in [4.78, 5) is 13.1. The average molecular weight is 443 g/mol. The minimum Gasteiger partial charge on any atom is -0.439 e. The number of allylic oxidation sites excluding steroid dienone is 1. The predicted molar refractivity (Wildman–Crippen MR) is 130 cm³/mol. The SMILES string of the molecule is C=N\C(=N/C(=C(C)/C(=N\C)Oc1ccc(F)cc1)C(=C)[C@H]1CC[C@H](O)CC1)NCCCC. The molecular weight excluding hydrogens is 407 g/mol. The molecule has 0 amide bonds. The van der Waals surface area contributed by atoms with Gasteiger partial charge >= 0.3 is 0 Å². The molecule has 1 aliphatic carbocycles. The van der Waals surface area contributed by atoms with Gasteiger partial charge in [-0.3, -0.25) is 4.99 Å². The van der Waals surface area contributed by atoms with Gasteiger partial charge in [-0.1, -0.05) is 19.9 Å². The highest BCUT2D eigenvalue weighted by Gasteiger charge is 2.25. The molecule has 2 N–H and O–H groups in total. The van der Waals surface area contributed by atoms with E-state index in [1.807, 2.05) is 6.92 Å². The molecule has 0 aromatic heterocycles. The van der Waals surface area contributed by atoms with Crippen molar-refractivity contribution in [3.8, 4) is 5.75 Å². The molecule has 1 aromatic carbocycles. The molecule has 1 aliphatic rings. The van der Waals surface area contributed by atoms with E-state index >= 15 is 0 Å². The first-order valence-electron chi connectivity index (χ1n) is 11.2. The fraction of sp³-hybridized carbons (Fsp3) is 0.480. The summed E-state index contributed by atoms with van der Waals surface area (Å²) in [6.07, 6.45) is 4.93. The maximum atomic E-state index is 13.3. The third-order valence-corrected chi connectivity index (χ3v) is 5.58. The number of hydrogen-bond acceptors (Lipinski definition) is 4. The largest absolute Gasteiger partial charge is 0.439 e. The standard InChI is InChI=1S/C25H35FN4O2/c1-6-7-16-29-25(28-5)30-23(17(2)19-8-12-21(31)13-9-19)18(3)24(27-4)32-22-14-10-20(26)11-15-22/h10-11,14-15,19,21,31H,2,5-9,12-13,16H2,1,3-4H3,(H,29,30)/b23-18+,27-24+/t19-,21-. The Labute approximate surface area is 190 Å². The smallest absolute Gasteiger partial charge is 0.222 e. The topological polar surface area (TPSA) is 78.6 Å². The Morgan fingerprint density at radius 3 is 2.44 bits per heavy atom. The van der Waals surface area contributed by atoms with Crippen molar-refractivity contribution in [2.24, 2.45) is 20.9 Å². The molecule has 0 spiro atoms. The van der Waals surface area contributed by atoms with Crippen molar-refractivity contribution in [1.29, 1.82) is 0 Å². The van der Waals surface area contributed by atoms with Crippen LogP contribution in [0, 0.1) is 11.7 Å². The molecule has 0 aliphatic heterocycles. The van der Waals surface area contributed by atoms with Crippen molar-refractivity contribution < 1.29 is 14.2 Å². The van der Waals surface area contributed by atoms with Gasteiger partial charge in [-0.2, -0.15) is 0 Å². The molecule has 0 bridgehead atoms. The molecule has 1 fully saturated rings. The van der Waals surface area contributed by atoms with Crippen LogP contribution in [0.15, 0.2) is 62.7 Å². The molecular formula is C25H35FN4O2.